The van der Waals surface area contributed by atoms with Crippen molar-refractivity contribution < 1.29 is 4.79 Å². The topological polar surface area (TPSA) is 59.8 Å². The maximum Gasteiger partial charge on any atom is 0.230 e. The van der Waals surface area contributed by atoms with Gasteiger partial charge in [-0.15, -0.1) is 10.2 Å². The van der Waals surface area contributed by atoms with Gasteiger partial charge in [0.25, 0.3) is 0 Å². The Morgan fingerprint density at radius 1 is 1.32 bits per heavy atom. The van der Waals surface area contributed by atoms with Crippen LogP contribution in [0.4, 0.5) is 0 Å². The maximum atomic E-state index is 12.1. The summed E-state index contributed by atoms with van der Waals surface area (Å²) >= 11 is 1.50. The van der Waals surface area contributed by atoms with Gasteiger partial charge in [0, 0.05) is 18.5 Å². The Bertz CT molecular complexity index is 480. The Kier molecular flexibility index (Phi) is 6.73. The number of hydrogen-bond acceptors (Lipinski definition) is 4. The summed E-state index contributed by atoms with van der Waals surface area (Å²) in [5.41, 5.74) is 0. The van der Waals surface area contributed by atoms with E-state index in [2.05, 4.69) is 40.9 Å². The molecule has 1 aliphatic rings. The van der Waals surface area contributed by atoms with Crippen molar-refractivity contribution in [2.45, 2.75) is 83.0 Å². The van der Waals surface area contributed by atoms with Crippen LogP contribution in [0.15, 0.2) is 5.16 Å². The minimum atomic E-state index is 0.119. The molecule has 2 rings (SSSR count). The first-order valence-corrected chi connectivity index (χ1v) is 9.45. The summed E-state index contributed by atoms with van der Waals surface area (Å²) < 4.78 is 2.16. The highest BCUT2D eigenvalue weighted by molar-refractivity contribution is 7.99. The van der Waals surface area contributed by atoms with E-state index >= 15 is 0 Å². The predicted octanol–water partition coefficient (Wildman–Crippen LogP) is 3.35. The number of carbonyl (C=O) groups is 1. The third-order valence-electron chi connectivity index (χ3n) is 4.01. The molecule has 0 saturated heterocycles. The SMILES string of the molecule is CCCn1c(SCC(=O)NC2CCCCC2)nnc1C(C)C. The van der Waals surface area contributed by atoms with Crippen LogP contribution in [0.1, 0.15) is 71.0 Å². The molecule has 0 aliphatic heterocycles. The van der Waals surface area contributed by atoms with Crippen LogP contribution in [-0.4, -0.2) is 32.5 Å². The van der Waals surface area contributed by atoms with Crippen molar-refractivity contribution in [3.8, 4) is 0 Å². The molecular weight excluding hydrogens is 296 g/mol. The molecule has 22 heavy (non-hydrogen) atoms. The van der Waals surface area contributed by atoms with Gasteiger partial charge in [-0.1, -0.05) is 51.8 Å². The number of amides is 1. The Labute approximate surface area is 137 Å². The molecule has 1 aromatic heterocycles. The summed E-state index contributed by atoms with van der Waals surface area (Å²) in [5.74, 6) is 1.91. The summed E-state index contributed by atoms with van der Waals surface area (Å²) in [7, 11) is 0. The van der Waals surface area contributed by atoms with Crippen LogP contribution in [0.2, 0.25) is 0 Å². The van der Waals surface area contributed by atoms with Crippen LogP contribution in [0.5, 0.6) is 0 Å². The lowest BCUT2D eigenvalue weighted by Crippen LogP contribution is -2.37. The Balaban J connectivity index is 1.88. The Morgan fingerprint density at radius 2 is 2.05 bits per heavy atom. The van der Waals surface area contributed by atoms with Gasteiger partial charge in [0.05, 0.1) is 5.75 Å². The van der Waals surface area contributed by atoms with Crippen LogP contribution in [0.3, 0.4) is 0 Å². The second kappa shape index (κ2) is 8.56. The molecule has 0 unspecified atom stereocenters. The highest BCUT2D eigenvalue weighted by Gasteiger charge is 2.18. The van der Waals surface area contributed by atoms with Crippen molar-refractivity contribution in [3.05, 3.63) is 5.82 Å². The van der Waals surface area contributed by atoms with E-state index in [1.165, 1.54) is 31.0 Å². The van der Waals surface area contributed by atoms with Crippen molar-refractivity contribution in [1.29, 1.82) is 0 Å². The van der Waals surface area contributed by atoms with Gasteiger partial charge in [-0.05, 0) is 19.3 Å². The first kappa shape index (κ1) is 17.3. The van der Waals surface area contributed by atoms with E-state index in [4.69, 9.17) is 0 Å². The molecule has 0 radical (unpaired) electrons. The lowest BCUT2D eigenvalue weighted by Gasteiger charge is -2.22. The van der Waals surface area contributed by atoms with Gasteiger partial charge in [0.2, 0.25) is 5.91 Å². The van der Waals surface area contributed by atoms with Crippen LogP contribution in [0.25, 0.3) is 0 Å². The number of carbonyl (C=O) groups excluding carboxylic acids is 1. The second-order valence-electron chi connectivity index (χ2n) is 6.34. The van der Waals surface area contributed by atoms with Gasteiger partial charge in [0.1, 0.15) is 5.82 Å². The molecule has 1 amide bonds. The Hall–Kier alpha value is -1.04. The smallest absolute Gasteiger partial charge is 0.230 e. The molecule has 124 valence electrons. The third kappa shape index (κ3) is 4.73. The third-order valence-corrected chi connectivity index (χ3v) is 4.98. The van der Waals surface area contributed by atoms with Crippen molar-refractivity contribution in [2.24, 2.45) is 0 Å². The molecule has 0 atom stereocenters. The fraction of sp³-hybridized carbons (Fsp3) is 0.812. The van der Waals surface area contributed by atoms with Crippen molar-refractivity contribution in [1.82, 2.24) is 20.1 Å². The van der Waals surface area contributed by atoms with Crippen molar-refractivity contribution in [2.75, 3.05) is 5.75 Å². The molecular formula is C16H28N4OS. The monoisotopic (exact) mass is 324 g/mol. The fourth-order valence-corrected chi connectivity index (χ4v) is 3.70. The Morgan fingerprint density at radius 3 is 2.68 bits per heavy atom. The lowest BCUT2D eigenvalue weighted by molar-refractivity contribution is -0.119. The molecule has 1 heterocycles. The molecule has 6 heteroatoms. The minimum absolute atomic E-state index is 0.119. The lowest BCUT2D eigenvalue weighted by atomic mass is 9.95. The van der Waals surface area contributed by atoms with Crippen LogP contribution >= 0.6 is 11.8 Å². The highest BCUT2D eigenvalue weighted by atomic mass is 32.2. The molecule has 0 spiro atoms. The predicted molar refractivity (Wildman–Crippen MR) is 90.1 cm³/mol. The number of thioether (sulfide) groups is 1. The van der Waals surface area contributed by atoms with Gasteiger partial charge in [-0.3, -0.25) is 4.79 Å². The molecule has 1 saturated carbocycles. The van der Waals surface area contributed by atoms with Crippen LogP contribution < -0.4 is 5.32 Å². The molecule has 1 fully saturated rings. The summed E-state index contributed by atoms with van der Waals surface area (Å²) in [6.45, 7) is 7.31. The van der Waals surface area contributed by atoms with E-state index in [-0.39, 0.29) is 5.91 Å². The number of aromatic nitrogens is 3. The number of hydrogen-bond donors (Lipinski definition) is 1. The molecule has 0 aromatic carbocycles. The average molecular weight is 324 g/mol. The number of nitrogens with one attached hydrogen (secondary N) is 1. The van der Waals surface area contributed by atoms with Gasteiger partial charge in [-0.2, -0.15) is 0 Å². The first-order chi connectivity index (χ1) is 10.6. The van der Waals surface area contributed by atoms with Crippen molar-refractivity contribution >= 4 is 17.7 Å². The van der Waals surface area contributed by atoms with Gasteiger partial charge in [-0.25, -0.2) is 0 Å². The van der Waals surface area contributed by atoms with Gasteiger partial charge in [0.15, 0.2) is 5.16 Å². The maximum absolute atomic E-state index is 12.1. The molecule has 1 aliphatic carbocycles. The molecule has 1 aromatic rings. The van der Waals surface area contributed by atoms with Gasteiger partial charge >= 0.3 is 0 Å². The zero-order chi connectivity index (χ0) is 15.9. The highest BCUT2D eigenvalue weighted by Crippen LogP contribution is 2.22. The summed E-state index contributed by atoms with van der Waals surface area (Å²) in [5, 5.41) is 12.6. The van der Waals surface area contributed by atoms with E-state index in [0.29, 0.717) is 17.7 Å². The molecule has 5 nitrogen and oxygen atoms in total. The largest absolute Gasteiger partial charge is 0.353 e. The summed E-state index contributed by atoms with van der Waals surface area (Å²) in [6, 6.07) is 0.376. The zero-order valence-electron chi connectivity index (χ0n) is 14.0. The quantitative estimate of drug-likeness (QED) is 0.781. The van der Waals surface area contributed by atoms with Crippen molar-refractivity contribution in [3.63, 3.8) is 0 Å². The standard InChI is InChI=1S/C16H28N4OS/c1-4-10-20-15(12(2)3)18-19-16(20)22-11-14(21)17-13-8-6-5-7-9-13/h12-13H,4-11H2,1-3H3,(H,17,21). The van der Waals surface area contributed by atoms with Gasteiger partial charge < -0.3 is 9.88 Å². The summed E-state index contributed by atoms with van der Waals surface area (Å²) in [6.07, 6.45) is 7.07. The molecule has 1 N–H and O–H groups in total. The van der Waals surface area contributed by atoms with E-state index in [0.717, 1.165) is 36.8 Å². The first-order valence-electron chi connectivity index (χ1n) is 8.47. The van der Waals surface area contributed by atoms with Crippen LogP contribution in [-0.2, 0) is 11.3 Å². The van der Waals surface area contributed by atoms with E-state index in [1.807, 2.05) is 0 Å². The second-order valence-corrected chi connectivity index (χ2v) is 7.28. The minimum Gasteiger partial charge on any atom is -0.353 e. The van der Waals surface area contributed by atoms with Crippen LogP contribution in [0, 0.1) is 0 Å². The summed E-state index contributed by atoms with van der Waals surface area (Å²) in [4.78, 5) is 12.1. The zero-order valence-corrected chi connectivity index (χ0v) is 14.8. The van der Waals surface area contributed by atoms with E-state index in [9.17, 15) is 4.79 Å². The fourth-order valence-electron chi connectivity index (χ4n) is 2.91. The van der Waals surface area contributed by atoms with E-state index in [1.54, 1.807) is 0 Å². The normalized spacial score (nSPS) is 16.2. The average Bonchev–Trinajstić information content (AvgIpc) is 2.90. The number of nitrogens with zero attached hydrogens (tertiary/aromatic N) is 3. The molecule has 0 bridgehead atoms. The van der Waals surface area contributed by atoms with E-state index < -0.39 is 0 Å². The number of rotatable bonds is 7.